The molecule has 0 amide bonds. The third-order valence-corrected chi connectivity index (χ3v) is 4.22. The Kier molecular flexibility index (Phi) is 3.52. The monoisotopic (exact) mass is 201 g/mol. The van der Waals surface area contributed by atoms with Gasteiger partial charge in [0, 0.05) is 18.3 Å². The maximum Gasteiger partial charge on any atom is 0.0695 e. The van der Waals surface area contributed by atoms with E-state index in [1.54, 1.807) is 0 Å². The van der Waals surface area contributed by atoms with E-state index in [-0.39, 0.29) is 6.10 Å². The average molecular weight is 201 g/mol. The Balaban J connectivity index is 1.89. The van der Waals surface area contributed by atoms with Crippen LogP contribution in [0.15, 0.2) is 0 Å². The molecule has 0 aromatic heterocycles. The summed E-state index contributed by atoms with van der Waals surface area (Å²) in [7, 11) is 0. The van der Waals surface area contributed by atoms with Gasteiger partial charge in [-0.15, -0.1) is 0 Å². The smallest absolute Gasteiger partial charge is 0.0695 e. The molecule has 2 rings (SSSR count). The molecule has 1 saturated carbocycles. The van der Waals surface area contributed by atoms with Crippen molar-refractivity contribution in [3.8, 4) is 0 Å². The predicted molar refractivity (Wildman–Crippen MR) is 57.2 cm³/mol. The summed E-state index contributed by atoms with van der Waals surface area (Å²) >= 11 is 2.06. The number of aliphatic hydroxyl groups excluding tert-OH is 1. The van der Waals surface area contributed by atoms with Crippen molar-refractivity contribution in [1.29, 1.82) is 0 Å². The Bertz CT molecular complexity index is 157. The molecular weight excluding hydrogens is 182 g/mol. The van der Waals surface area contributed by atoms with E-state index >= 15 is 0 Å². The van der Waals surface area contributed by atoms with Gasteiger partial charge >= 0.3 is 0 Å². The summed E-state index contributed by atoms with van der Waals surface area (Å²) in [6, 6.07) is 0.485. The Labute approximate surface area is 84.7 Å². The molecule has 2 unspecified atom stereocenters. The molecule has 3 heteroatoms. The molecule has 1 aliphatic heterocycles. The quantitative estimate of drug-likeness (QED) is 0.692. The number of nitrogens with zero attached hydrogens (tertiary/aromatic N) is 1. The molecule has 0 bridgehead atoms. The van der Waals surface area contributed by atoms with Crippen LogP contribution in [0, 0.1) is 0 Å². The Morgan fingerprint density at radius 3 is 2.77 bits per heavy atom. The SMILES string of the molecule is OC1CCCC1N1CCCSCC1. The lowest BCUT2D eigenvalue weighted by Crippen LogP contribution is -2.41. The second-order valence-electron chi connectivity index (χ2n) is 4.07. The number of rotatable bonds is 1. The lowest BCUT2D eigenvalue weighted by atomic mass is 10.1. The highest BCUT2D eigenvalue weighted by molar-refractivity contribution is 7.99. The van der Waals surface area contributed by atoms with Crippen LogP contribution in [-0.4, -0.2) is 46.7 Å². The van der Waals surface area contributed by atoms with Crippen molar-refractivity contribution >= 4 is 11.8 Å². The summed E-state index contributed by atoms with van der Waals surface area (Å²) in [5.74, 6) is 2.56. The van der Waals surface area contributed by atoms with Gasteiger partial charge in [-0.25, -0.2) is 0 Å². The topological polar surface area (TPSA) is 23.5 Å². The van der Waals surface area contributed by atoms with Crippen LogP contribution in [0.2, 0.25) is 0 Å². The zero-order valence-electron chi connectivity index (χ0n) is 8.11. The summed E-state index contributed by atoms with van der Waals surface area (Å²) in [5, 5.41) is 9.78. The highest BCUT2D eigenvalue weighted by Gasteiger charge is 2.30. The molecule has 1 N–H and O–H groups in total. The highest BCUT2D eigenvalue weighted by atomic mass is 32.2. The van der Waals surface area contributed by atoms with E-state index in [2.05, 4.69) is 16.7 Å². The standard InChI is InChI=1S/C10H19NOS/c12-10-4-1-3-9(10)11-5-2-7-13-8-6-11/h9-10,12H,1-8H2. The average Bonchev–Trinajstić information content (AvgIpc) is 2.43. The van der Waals surface area contributed by atoms with Crippen LogP contribution in [-0.2, 0) is 0 Å². The molecule has 2 atom stereocenters. The molecule has 13 heavy (non-hydrogen) atoms. The van der Waals surface area contributed by atoms with E-state index < -0.39 is 0 Å². The van der Waals surface area contributed by atoms with Crippen molar-refractivity contribution in [1.82, 2.24) is 4.90 Å². The summed E-state index contributed by atoms with van der Waals surface area (Å²) in [4.78, 5) is 2.51. The van der Waals surface area contributed by atoms with Gasteiger partial charge in [-0.1, -0.05) is 0 Å². The molecule has 0 spiro atoms. The van der Waals surface area contributed by atoms with Crippen LogP contribution in [0.3, 0.4) is 0 Å². The number of hydrogen-bond acceptors (Lipinski definition) is 3. The third kappa shape index (κ3) is 2.39. The van der Waals surface area contributed by atoms with E-state index in [4.69, 9.17) is 0 Å². The first-order valence-electron chi connectivity index (χ1n) is 5.38. The van der Waals surface area contributed by atoms with Crippen molar-refractivity contribution in [2.45, 2.75) is 37.8 Å². The second kappa shape index (κ2) is 4.67. The van der Waals surface area contributed by atoms with E-state index in [1.165, 1.54) is 43.9 Å². The van der Waals surface area contributed by atoms with Gasteiger partial charge in [0.1, 0.15) is 0 Å². The minimum atomic E-state index is -0.0388. The van der Waals surface area contributed by atoms with Gasteiger partial charge in [0.05, 0.1) is 6.10 Å². The van der Waals surface area contributed by atoms with Crippen molar-refractivity contribution in [3.05, 3.63) is 0 Å². The first kappa shape index (κ1) is 9.81. The maximum absolute atomic E-state index is 9.78. The lowest BCUT2D eigenvalue weighted by Gasteiger charge is -2.29. The number of thioether (sulfide) groups is 1. The first-order chi connectivity index (χ1) is 6.38. The van der Waals surface area contributed by atoms with Gasteiger partial charge in [-0.3, -0.25) is 4.90 Å². The molecule has 0 radical (unpaired) electrons. The van der Waals surface area contributed by atoms with Crippen molar-refractivity contribution in [2.75, 3.05) is 24.6 Å². The van der Waals surface area contributed by atoms with Gasteiger partial charge in [-0.05, 0) is 38.0 Å². The normalized spacial score (nSPS) is 37.6. The molecule has 2 nitrogen and oxygen atoms in total. The summed E-state index contributed by atoms with van der Waals surface area (Å²) in [5.41, 5.74) is 0. The van der Waals surface area contributed by atoms with Gasteiger partial charge in [0.25, 0.3) is 0 Å². The van der Waals surface area contributed by atoms with Gasteiger partial charge in [-0.2, -0.15) is 11.8 Å². The largest absolute Gasteiger partial charge is 0.391 e. The fraction of sp³-hybridized carbons (Fsp3) is 1.00. The van der Waals surface area contributed by atoms with E-state index in [1.807, 2.05) is 0 Å². The first-order valence-corrected chi connectivity index (χ1v) is 6.53. The number of hydrogen-bond donors (Lipinski definition) is 1. The van der Waals surface area contributed by atoms with Crippen molar-refractivity contribution in [2.24, 2.45) is 0 Å². The lowest BCUT2D eigenvalue weighted by molar-refractivity contribution is 0.0755. The molecule has 1 aliphatic carbocycles. The molecule has 1 heterocycles. The maximum atomic E-state index is 9.78. The van der Waals surface area contributed by atoms with E-state index in [9.17, 15) is 5.11 Å². The molecular formula is C10H19NOS. The van der Waals surface area contributed by atoms with Crippen molar-refractivity contribution < 1.29 is 5.11 Å². The second-order valence-corrected chi connectivity index (χ2v) is 5.29. The molecule has 2 fully saturated rings. The van der Waals surface area contributed by atoms with Gasteiger partial charge in [0.15, 0.2) is 0 Å². The van der Waals surface area contributed by atoms with Gasteiger partial charge < -0.3 is 5.11 Å². The fourth-order valence-corrected chi connectivity index (χ4v) is 3.34. The fourth-order valence-electron chi connectivity index (χ4n) is 2.44. The minimum Gasteiger partial charge on any atom is -0.391 e. The molecule has 2 aliphatic rings. The van der Waals surface area contributed by atoms with Crippen LogP contribution in [0.1, 0.15) is 25.7 Å². The minimum absolute atomic E-state index is 0.0388. The number of aliphatic hydroxyl groups is 1. The van der Waals surface area contributed by atoms with E-state index in [0.29, 0.717) is 6.04 Å². The van der Waals surface area contributed by atoms with Crippen LogP contribution >= 0.6 is 11.8 Å². The molecule has 0 aromatic carbocycles. The Hall–Kier alpha value is 0.270. The third-order valence-electron chi connectivity index (χ3n) is 3.17. The summed E-state index contributed by atoms with van der Waals surface area (Å²) < 4.78 is 0. The summed E-state index contributed by atoms with van der Waals surface area (Å²) in [6.07, 6.45) is 4.71. The van der Waals surface area contributed by atoms with Gasteiger partial charge in [0.2, 0.25) is 0 Å². The predicted octanol–water partition coefficient (Wildman–Crippen LogP) is 1.34. The summed E-state index contributed by atoms with van der Waals surface area (Å²) in [6.45, 7) is 2.39. The van der Waals surface area contributed by atoms with Crippen molar-refractivity contribution in [3.63, 3.8) is 0 Å². The van der Waals surface area contributed by atoms with Crippen LogP contribution < -0.4 is 0 Å². The molecule has 76 valence electrons. The van der Waals surface area contributed by atoms with Crippen LogP contribution in [0.4, 0.5) is 0 Å². The Morgan fingerprint density at radius 1 is 1.08 bits per heavy atom. The van der Waals surface area contributed by atoms with E-state index in [0.717, 1.165) is 6.42 Å². The zero-order chi connectivity index (χ0) is 9.10. The van der Waals surface area contributed by atoms with Crippen LogP contribution in [0.5, 0.6) is 0 Å². The molecule has 0 aromatic rings. The highest BCUT2D eigenvalue weighted by Crippen LogP contribution is 2.25. The molecule has 1 saturated heterocycles. The van der Waals surface area contributed by atoms with Crippen LogP contribution in [0.25, 0.3) is 0 Å². The Morgan fingerprint density at radius 2 is 2.00 bits per heavy atom. The zero-order valence-corrected chi connectivity index (χ0v) is 8.93.